The van der Waals surface area contributed by atoms with E-state index in [9.17, 15) is 0 Å². The van der Waals surface area contributed by atoms with Gasteiger partial charge in [0.1, 0.15) is 5.75 Å². The van der Waals surface area contributed by atoms with Crippen molar-refractivity contribution in [3.05, 3.63) is 42.5 Å². The Hall–Kier alpha value is -3.02. The normalized spacial score (nSPS) is 13.9. The van der Waals surface area contributed by atoms with Crippen molar-refractivity contribution in [2.24, 2.45) is 5.92 Å². The molecule has 0 radical (unpaired) electrons. The number of nitrogens with zero attached hydrogens (tertiary/aromatic N) is 2. The van der Waals surface area contributed by atoms with Gasteiger partial charge in [0.25, 0.3) is 5.89 Å². The Kier molecular flexibility index (Phi) is 4.96. The Labute approximate surface area is 158 Å². The minimum atomic E-state index is 0.455. The number of methoxy groups -OCH3 is 2. The highest BCUT2D eigenvalue weighted by Crippen LogP contribution is 2.34. The highest BCUT2D eigenvalue weighted by molar-refractivity contribution is 5.63. The topological polar surface area (TPSA) is 66.6 Å². The highest BCUT2D eigenvalue weighted by Gasteiger charge is 2.19. The van der Waals surface area contributed by atoms with Gasteiger partial charge in [-0.25, -0.2) is 0 Å². The van der Waals surface area contributed by atoms with Gasteiger partial charge in [0.2, 0.25) is 5.82 Å². The molecule has 6 heteroatoms. The number of benzene rings is 2. The first kappa shape index (κ1) is 17.4. The quantitative estimate of drug-likeness (QED) is 0.609. The van der Waals surface area contributed by atoms with Crippen LogP contribution in [0.3, 0.4) is 0 Å². The van der Waals surface area contributed by atoms with Gasteiger partial charge in [-0.05, 0) is 61.2 Å². The van der Waals surface area contributed by atoms with E-state index in [1.165, 1.54) is 19.3 Å². The maximum atomic E-state index is 5.92. The molecule has 0 unspecified atom stereocenters. The summed E-state index contributed by atoms with van der Waals surface area (Å²) in [6.45, 7) is 0.736. The van der Waals surface area contributed by atoms with Gasteiger partial charge >= 0.3 is 0 Å². The number of hydrogen-bond donors (Lipinski definition) is 0. The molecule has 1 fully saturated rings. The van der Waals surface area contributed by atoms with Crippen LogP contribution in [0.2, 0.25) is 0 Å². The second-order valence-electron chi connectivity index (χ2n) is 6.63. The molecule has 1 aliphatic rings. The van der Waals surface area contributed by atoms with Gasteiger partial charge in [-0.15, -0.1) is 0 Å². The molecule has 140 valence electrons. The predicted octanol–water partition coefficient (Wildman–Crippen LogP) is 4.60. The van der Waals surface area contributed by atoms with E-state index in [0.717, 1.165) is 29.2 Å². The standard InChI is InChI=1S/C21H22N2O4/c1-24-17-9-6-15(7-10-17)21-22-20(23-27-21)16-8-11-18(19(12-16)25-2)26-13-14-4-3-5-14/h6-12,14H,3-5,13H2,1-2H3. The van der Waals surface area contributed by atoms with Crippen LogP contribution in [0.4, 0.5) is 0 Å². The molecule has 0 aliphatic heterocycles. The van der Waals surface area contributed by atoms with Crippen LogP contribution in [0.5, 0.6) is 17.2 Å². The molecular formula is C21H22N2O4. The Morgan fingerprint density at radius 3 is 2.41 bits per heavy atom. The summed E-state index contributed by atoms with van der Waals surface area (Å²) in [6.07, 6.45) is 3.80. The van der Waals surface area contributed by atoms with E-state index in [1.54, 1.807) is 14.2 Å². The summed E-state index contributed by atoms with van der Waals surface area (Å²) in [5.41, 5.74) is 1.65. The van der Waals surface area contributed by atoms with Crippen LogP contribution in [0.1, 0.15) is 19.3 Å². The molecule has 0 saturated heterocycles. The van der Waals surface area contributed by atoms with Crippen LogP contribution in [0.25, 0.3) is 22.8 Å². The Balaban J connectivity index is 1.53. The number of hydrogen-bond acceptors (Lipinski definition) is 6. The fourth-order valence-electron chi connectivity index (χ4n) is 2.98. The molecule has 0 atom stereocenters. The summed E-state index contributed by atoms with van der Waals surface area (Å²) in [5, 5.41) is 4.09. The summed E-state index contributed by atoms with van der Waals surface area (Å²) in [6, 6.07) is 13.2. The second-order valence-corrected chi connectivity index (χ2v) is 6.63. The van der Waals surface area contributed by atoms with E-state index in [-0.39, 0.29) is 0 Å². The smallest absolute Gasteiger partial charge is 0.258 e. The maximum absolute atomic E-state index is 5.92. The zero-order valence-corrected chi connectivity index (χ0v) is 15.5. The molecule has 4 rings (SSSR count). The zero-order chi connectivity index (χ0) is 18.6. The van der Waals surface area contributed by atoms with Gasteiger partial charge in [0.05, 0.1) is 20.8 Å². The molecule has 0 amide bonds. The summed E-state index contributed by atoms with van der Waals surface area (Å²) >= 11 is 0. The molecule has 3 aromatic rings. The molecule has 1 aliphatic carbocycles. The van der Waals surface area contributed by atoms with Crippen LogP contribution in [0.15, 0.2) is 47.0 Å². The van der Waals surface area contributed by atoms with Gasteiger partial charge < -0.3 is 18.7 Å². The molecule has 1 aromatic heterocycles. The van der Waals surface area contributed by atoms with E-state index in [1.807, 2.05) is 42.5 Å². The third-order valence-electron chi connectivity index (χ3n) is 4.88. The second kappa shape index (κ2) is 7.70. The van der Waals surface area contributed by atoms with Gasteiger partial charge in [-0.2, -0.15) is 4.98 Å². The molecule has 0 N–H and O–H groups in total. The van der Waals surface area contributed by atoms with Crippen molar-refractivity contribution < 1.29 is 18.7 Å². The average molecular weight is 366 g/mol. The van der Waals surface area contributed by atoms with Gasteiger partial charge in [0, 0.05) is 11.1 Å². The summed E-state index contributed by atoms with van der Waals surface area (Å²) in [7, 11) is 3.26. The molecule has 1 saturated carbocycles. The van der Waals surface area contributed by atoms with E-state index in [2.05, 4.69) is 10.1 Å². The summed E-state index contributed by atoms with van der Waals surface area (Å²) < 4.78 is 22.0. The Morgan fingerprint density at radius 2 is 1.74 bits per heavy atom. The van der Waals surface area contributed by atoms with Gasteiger partial charge in [-0.3, -0.25) is 0 Å². The van der Waals surface area contributed by atoms with Crippen molar-refractivity contribution in [3.8, 4) is 40.1 Å². The lowest BCUT2D eigenvalue weighted by Crippen LogP contribution is -2.19. The van der Waals surface area contributed by atoms with Crippen LogP contribution in [-0.2, 0) is 0 Å². The third-order valence-corrected chi connectivity index (χ3v) is 4.88. The zero-order valence-electron chi connectivity index (χ0n) is 15.5. The Morgan fingerprint density at radius 1 is 0.963 bits per heavy atom. The number of rotatable bonds is 7. The van der Waals surface area contributed by atoms with E-state index in [0.29, 0.717) is 23.4 Å². The van der Waals surface area contributed by atoms with E-state index < -0.39 is 0 Å². The highest BCUT2D eigenvalue weighted by atomic mass is 16.5. The first-order chi connectivity index (χ1) is 13.3. The number of ether oxygens (including phenoxy) is 3. The maximum Gasteiger partial charge on any atom is 0.258 e. The first-order valence-electron chi connectivity index (χ1n) is 9.06. The molecule has 0 bridgehead atoms. The lowest BCUT2D eigenvalue weighted by molar-refractivity contribution is 0.176. The summed E-state index contributed by atoms with van der Waals surface area (Å²) in [4.78, 5) is 4.49. The fraction of sp³-hybridized carbons (Fsp3) is 0.333. The van der Waals surface area contributed by atoms with Crippen LogP contribution < -0.4 is 14.2 Å². The van der Waals surface area contributed by atoms with Crippen molar-refractivity contribution in [2.75, 3.05) is 20.8 Å². The van der Waals surface area contributed by atoms with Gasteiger partial charge in [0.15, 0.2) is 11.5 Å². The summed E-state index contributed by atoms with van der Waals surface area (Å²) in [5.74, 6) is 3.82. The number of aromatic nitrogens is 2. The average Bonchev–Trinajstić information content (AvgIpc) is 3.17. The van der Waals surface area contributed by atoms with Gasteiger partial charge in [-0.1, -0.05) is 11.6 Å². The lowest BCUT2D eigenvalue weighted by atomic mass is 9.86. The molecule has 0 spiro atoms. The molecule has 2 aromatic carbocycles. The minimum absolute atomic E-state index is 0.455. The third kappa shape index (κ3) is 3.74. The minimum Gasteiger partial charge on any atom is -0.497 e. The molecule has 6 nitrogen and oxygen atoms in total. The predicted molar refractivity (Wildman–Crippen MR) is 101 cm³/mol. The first-order valence-corrected chi connectivity index (χ1v) is 9.06. The molecule has 27 heavy (non-hydrogen) atoms. The van der Waals surface area contributed by atoms with Crippen molar-refractivity contribution in [1.29, 1.82) is 0 Å². The van der Waals surface area contributed by atoms with Crippen molar-refractivity contribution in [3.63, 3.8) is 0 Å². The lowest BCUT2D eigenvalue weighted by Gasteiger charge is -2.25. The fourth-order valence-corrected chi connectivity index (χ4v) is 2.98. The van der Waals surface area contributed by atoms with Crippen LogP contribution in [0, 0.1) is 5.92 Å². The SMILES string of the molecule is COc1ccc(-c2nc(-c3ccc(OCC4CCC4)c(OC)c3)no2)cc1. The molecular weight excluding hydrogens is 344 g/mol. The monoisotopic (exact) mass is 366 g/mol. The Bertz CT molecular complexity index is 901. The van der Waals surface area contributed by atoms with Crippen molar-refractivity contribution >= 4 is 0 Å². The van der Waals surface area contributed by atoms with Crippen molar-refractivity contribution in [2.45, 2.75) is 19.3 Å². The van der Waals surface area contributed by atoms with Crippen molar-refractivity contribution in [1.82, 2.24) is 10.1 Å². The van der Waals surface area contributed by atoms with Crippen LogP contribution in [-0.4, -0.2) is 31.0 Å². The van der Waals surface area contributed by atoms with E-state index >= 15 is 0 Å². The van der Waals surface area contributed by atoms with E-state index in [4.69, 9.17) is 18.7 Å². The largest absolute Gasteiger partial charge is 0.497 e. The van der Waals surface area contributed by atoms with Crippen LogP contribution >= 0.6 is 0 Å². The molecule has 1 heterocycles.